The molecule has 0 radical (unpaired) electrons. The number of benzene rings is 1. The van der Waals surface area contributed by atoms with Gasteiger partial charge in [-0.25, -0.2) is 4.98 Å². The first-order valence-corrected chi connectivity index (χ1v) is 6.58. The van der Waals surface area contributed by atoms with Crippen molar-refractivity contribution in [2.75, 3.05) is 7.11 Å². The van der Waals surface area contributed by atoms with Crippen molar-refractivity contribution in [3.8, 4) is 17.4 Å². The number of alkyl halides is 1. The molecule has 1 aromatic carbocycles. The Bertz CT molecular complexity index is 548. The van der Waals surface area contributed by atoms with Gasteiger partial charge in [-0.2, -0.15) is 0 Å². The number of methoxy groups -OCH3 is 1. The third-order valence-corrected chi connectivity index (χ3v) is 3.25. The van der Waals surface area contributed by atoms with Crippen LogP contribution < -0.4 is 9.47 Å². The molecule has 0 amide bonds. The topological polar surface area (TPSA) is 31.4 Å². The minimum atomic E-state index is 0.358. The van der Waals surface area contributed by atoms with E-state index in [1.54, 1.807) is 13.3 Å². The number of hydrogen-bond acceptors (Lipinski definition) is 3. The molecule has 0 aliphatic heterocycles. The van der Waals surface area contributed by atoms with Crippen molar-refractivity contribution in [2.24, 2.45) is 0 Å². The third kappa shape index (κ3) is 2.94. The second-order valence-corrected chi connectivity index (χ2v) is 4.62. The van der Waals surface area contributed by atoms with Crippen LogP contribution in [0.2, 0.25) is 0 Å². The maximum absolute atomic E-state index is 5.83. The molecule has 0 fully saturated rings. The number of halogens is 2. The van der Waals surface area contributed by atoms with Gasteiger partial charge in [0.05, 0.1) is 17.5 Å². The van der Waals surface area contributed by atoms with Gasteiger partial charge in [-0.05, 0) is 40.2 Å². The summed E-state index contributed by atoms with van der Waals surface area (Å²) in [5.41, 5.74) is 0.849. The lowest BCUT2D eigenvalue weighted by molar-refractivity contribution is 0.411. The summed E-state index contributed by atoms with van der Waals surface area (Å²) in [6.45, 7) is 0. The van der Waals surface area contributed by atoms with E-state index < -0.39 is 0 Å². The number of aromatic nitrogens is 1. The predicted octanol–water partition coefficient (Wildman–Crippen LogP) is 4.38. The highest BCUT2D eigenvalue weighted by molar-refractivity contribution is 9.10. The zero-order valence-electron chi connectivity index (χ0n) is 9.69. The first-order chi connectivity index (χ1) is 8.74. The lowest BCUT2D eigenvalue weighted by Gasteiger charge is -2.10. The van der Waals surface area contributed by atoms with Crippen LogP contribution in [0.15, 0.2) is 41.0 Å². The van der Waals surface area contributed by atoms with E-state index in [4.69, 9.17) is 21.1 Å². The highest BCUT2D eigenvalue weighted by atomic mass is 79.9. The molecule has 0 bridgehead atoms. The Labute approximate surface area is 119 Å². The summed E-state index contributed by atoms with van der Waals surface area (Å²) in [5, 5.41) is 0. The van der Waals surface area contributed by atoms with E-state index in [1.165, 1.54) is 0 Å². The Morgan fingerprint density at radius 1 is 1.33 bits per heavy atom. The van der Waals surface area contributed by atoms with Crippen molar-refractivity contribution >= 4 is 27.5 Å². The summed E-state index contributed by atoms with van der Waals surface area (Å²) in [4.78, 5) is 4.17. The van der Waals surface area contributed by atoms with Crippen LogP contribution in [-0.2, 0) is 5.88 Å². The summed E-state index contributed by atoms with van der Waals surface area (Å²) in [7, 11) is 1.62. The maximum Gasteiger partial charge on any atom is 0.223 e. The first-order valence-electron chi connectivity index (χ1n) is 5.26. The fourth-order valence-corrected chi connectivity index (χ4v) is 2.06. The van der Waals surface area contributed by atoms with E-state index in [1.807, 2.05) is 30.3 Å². The standard InChI is InChI=1S/C13H11BrClNO2/c1-17-10-4-5-12(11(14)7-10)18-13-9(8-15)3-2-6-16-13/h2-7H,8H2,1H3. The zero-order valence-corrected chi connectivity index (χ0v) is 12.0. The molecule has 3 nitrogen and oxygen atoms in total. The number of ether oxygens (including phenoxy) is 2. The Kier molecular flexibility index (Phi) is 4.44. The van der Waals surface area contributed by atoms with E-state index in [9.17, 15) is 0 Å². The zero-order chi connectivity index (χ0) is 13.0. The maximum atomic E-state index is 5.83. The van der Waals surface area contributed by atoms with Crippen LogP contribution >= 0.6 is 27.5 Å². The molecule has 1 heterocycles. The van der Waals surface area contributed by atoms with Crippen LogP contribution in [0.4, 0.5) is 0 Å². The van der Waals surface area contributed by atoms with E-state index in [2.05, 4.69) is 20.9 Å². The van der Waals surface area contributed by atoms with Crippen molar-refractivity contribution in [1.82, 2.24) is 4.98 Å². The molecule has 0 spiro atoms. The predicted molar refractivity (Wildman–Crippen MR) is 74.6 cm³/mol. The lowest BCUT2D eigenvalue weighted by atomic mass is 10.3. The molecule has 2 aromatic rings. The molecular weight excluding hydrogens is 318 g/mol. The van der Waals surface area contributed by atoms with E-state index >= 15 is 0 Å². The molecule has 0 aliphatic rings. The molecule has 94 valence electrons. The summed E-state index contributed by atoms with van der Waals surface area (Å²) in [6.07, 6.45) is 1.67. The molecule has 0 atom stereocenters. The third-order valence-electron chi connectivity index (χ3n) is 2.34. The lowest BCUT2D eigenvalue weighted by Crippen LogP contribution is -1.93. The van der Waals surface area contributed by atoms with Crippen molar-refractivity contribution in [2.45, 2.75) is 5.88 Å². The van der Waals surface area contributed by atoms with Gasteiger partial charge >= 0.3 is 0 Å². The Balaban J connectivity index is 2.28. The van der Waals surface area contributed by atoms with Gasteiger partial charge in [0, 0.05) is 11.8 Å². The van der Waals surface area contributed by atoms with E-state index in [0.717, 1.165) is 15.8 Å². The Hall–Kier alpha value is -1.26. The largest absolute Gasteiger partial charge is 0.497 e. The molecule has 18 heavy (non-hydrogen) atoms. The fourth-order valence-electron chi connectivity index (χ4n) is 1.41. The normalized spacial score (nSPS) is 10.2. The van der Waals surface area contributed by atoms with Crippen LogP contribution in [0.3, 0.4) is 0 Å². The average molecular weight is 329 g/mol. The molecule has 2 rings (SSSR count). The number of rotatable bonds is 4. The average Bonchev–Trinajstić information content (AvgIpc) is 2.41. The monoisotopic (exact) mass is 327 g/mol. The molecule has 1 aromatic heterocycles. The molecule has 5 heteroatoms. The number of pyridine rings is 1. The van der Waals surface area contributed by atoms with Gasteiger partial charge in [0.2, 0.25) is 5.88 Å². The molecule has 0 unspecified atom stereocenters. The highest BCUT2D eigenvalue weighted by Gasteiger charge is 2.08. The SMILES string of the molecule is COc1ccc(Oc2ncccc2CCl)c(Br)c1. The molecule has 0 saturated carbocycles. The minimum Gasteiger partial charge on any atom is -0.497 e. The van der Waals surface area contributed by atoms with Crippen molar-refractivity contribution in [3.63, 3.8) is 0 Å². The van der Waals surface area contributed by atoms with Crippen LogP contribution in [0.1, 0.15) is 5.56 Å². The van der Waals surface area contributed by atoms with Crippen molar-refractivity contribution < 1.29 is 9.47 Å². The summed E-state index contributed by atoms with van der Waals surface area (Å²) in [5.74, 6) is 2.30. The van der Waals surface area contributed by atoms with Gasteiger partial charge in [0.25, 0.3) is 0 Å². The van der Waals surface area contributed by atoms with Gasteiger partial charge in [0.1, 0.15) is 11.5 Å². The van der Waals surface area contributed by atoms with Gasteiger partial charge < -0.3 is 9.47 Å². The number of nitrogens with zero attached hydrogens (tertiary/aromatic N) is 1. The minimum absolute atomic E-state index is 0.358. The second kappa shape index (κ2) is 6.07. The summed E-state index contributed by atoms with van der Waals surface area (Å²) in [6, 6.07) is 9.18. The molecule has 0 aliphatic carbocycles. The van der Waals surface area contributed by atoms with Gasteiger partial charge in [-0.3, -0.25) is 0 Å². The Morgan fingerprint density at radius 2 is 2.17 bits per heavy atom. The first kappa shape index (κ1) is 13.2. The summed E-state index contributed by atoms with van der Waals surface area (Å²) < 4.78 is 11.7. The fraction of sp³-hybridized carbons (Fsp3) is 0.154. The van der Waals surface area contributed by atoms with Crippen LogP contribution in [-0.4, -0.2) is 12.1 Å². The van der Waals surface area contributed by atoms with E-state index in [0.29, 0.717) is 17.5 Å². The van der Waals surface area contributed by atoms with Gasteiger partial charge in [0.15, 0.2) is 0 Å². The summed E-state index contributed by atoms with van der Waals surface area (Å²) >= 11 is 9.26. The van der Waals surface area contributed by atoms with Crippen LogP contribution in [0, 0.1) is 0 Å². The Morgan fingerprint density at radius 3 is 2.83 bits per heavy atom. The number of hydrogen-bond donors (Lipinski definition) is 0. The highest BCUT2D eigenvalue weighted by Crippen LogP contribution is 2.33. The van der Waals surface area contributed by atoms with Crippen LogP contribution in [0.25, 0.3) is 0 Å². The second-order valence-electron chi connectivity index (χ2n) is 3.50. The quantitative estimate of drug-likeness (QED) is 0.780. The van der Waals surface area contributed by atoms with Gasteiger partial charge in [-0.1, -0.05) is 6.07 Å². The van der Waals surface area contributed by atoms with Crippen LogP contribution in [0.5, 0.6) is 17.4 Å². The van der Waals surface area contributed by atoms with Gasteiger partial charge in [-0.15, -0.1) is 11.6 Å². The molecular formula is C13H11BrClNO2. The molecule has 0 saturated heterocycles. The van der Waals surface area contributed by atoms with Crippen molar-refractivity contribution in [1.29, 1.82) is 0 Å². The molecule has 0 N–H and O–H groups in total. The van der Waals surface area contributed by atoms with E-state index in [-0.39, 0.29) is 0 Å². The van der Waals surface area contributed by atoms with Crippen molar-refractivity contribution in [3.05, 3.63) is 46.6 Å². The smallest absolute Gasteiger partial charge is 0.223 e.